The van der Waals surface area contributed by atoms with E-state index in [9.17, 15) is 13.6 Å². The molecule has 1 amide bonds. The average Bonchev–Trinajstić information content (AvgIpc) is 2.17. The molecule has 0 saturated carbocycles. The third-order valence-electron chi connectivity index (χ3n) is 1.74. The minimum atomic E-state index is -0.515. The van der Waals surface area contributed by atoms with Crippen LogP contribution in [0.1, 0.15) is 6.92 Å². The van der Waals surface area contributed by atoms with E-state index in [1.165, 1.54) is 6.92 Å². The number of carbonyl (C=O) groups excluding carboxylic acids is 1. The molecule has 0 unspecified atom stereocenters. The van der Waals surface area contributed by atoms with Gasteiger partial charge in [-0.25, -0.2) is 8.78 Å². The molecule has 82 valence electrons. The van der Waals surface area contributed by atoms with Crippen molar-refractivity contribution >= 4 is 11.6 Å². The summed E-state index contributed by atoms with van der Waals surface area (Å²) < 4.78 is 25.7. The van der Waals surface area contributed by atoms with Gasteiger partial charge in [0.15, 0.2) is 0 Å². The lowest BCUT2D eigenvalue weighted by Gasteiger charge is -2.07. The van der Waals surface area contributed by atoms with Gasteiger partial charge in [-0.3, -0.25) is 4.79 Å². The molecule has 1 rings (SSSR count). The van der Waals surface area contributed by atoms with Crippen LogP contribution in [0.5, 0.6) is 0 Å². The van der Waals surface area contributed by atoms with Crippen LogP contribution < -0.4 is 10.6 Å². The molecule has 0 spiro atoms. The Bertz CT molecular complexity index is 355. The van der Waals surface area contributed by atoms with E-state index < -0.39 is 11.6 Å². The summed E-state index contributed by atoms with van der Waals surface area (Å²) in [5, 5.41) is 5.21. The third kappa shape index (κ3) is 3.93. The Hall–Kier alpha value is -1.65. The van der Waals surface area contributed by atoms with Crippen LogP contribution in [0.2, 0.25) is 0 Å². The first-order valence-electron chi connectivity index (χ1n) is 4.53. The van der Waals surface area contributed by atoms with E-state index in [4.69, 9.17) is 0 Å². The first-order valence-corrected chi connectivity index (χ1v) is 4.53. The van der Waals surface area contributed by atoms with Crippen molar-refractivity contribution in [1.29, 1.82) is 0 Å². The second kappa shape index (κ2) is 5.29. The molecule has 3 nitrogen and oxygen atoms in total. The van der Waals surface area contributed by atoms with Gasteiger partial charge in [0.05, 0.1) is 5.69 Å². The van der Waals surface area contributed by atoms with Crippen LogP contribution in [0.3, 0.4) is 0 Å². The second-order valence-electron chi connectivity index (χ2n) is 3.03. The number of carbonyl (C=O) groups is 1. The highest BCUT2D eigenvalue weighted by molar-refractivity contribution is 5.72. The number of anilines is 1. The zero-order chi connectivity index (χ0) is 11.3. The fourth-order valence-corrected chi connectivity index (χ4v) is 1.07. The van der Waals surface area contributed by atoms with Gasteiger partial charge in [-0.2, -0.15) is 0 Å². The van der Waals surface area contributed by atoms with Crippen molar-refractivity contribution in [3.05, 3.63) is 29.8 Å². The van der Waals surface area contributed by atoms with E-state index >= 15 is 0 Å². The first-order chi connectivity index (χ1) is 7.09. The van der Waals surface area contributed by atoms with Crippen LogP contribution in [-0.2, 0) is 4.79 Å². The Labute approximate surface area is 86.5 Å². The summed E-state index contributed by atoms with van der Waals surface area (Å²) in [6.45, 7) is 2.11. The minimum Gasteiger partial charge on any atom is -0.381 e. The lowest BCUT2D eigenvalue weighted by atomic mass is 10.3. The van der Waals surface area contributed by atoms with Crippen molar-refractivity contribution < 1.29 is 13.6 Å². The Morgan fingerprint density at radius 3 is 2.73 bits per heavy atom. The molecule has 0 aliphatic heterocycles. The number of hydrogen-bond acceptors (Lipinski definition) is 2. The van der Waals surface area contributed by atoms with Crippen LogP contribution in [0.4, 0.5) is 14.5 Å². The molecular formula is C10H12F2N2O. The lowest BCUT2D eigenvalue weighted by molar-refractivity contribution is -0.118. The van der Waals surface area contributed by atoms with Gasteiger partial charge < -0.3 is 10.6 Å². The molecule has 1 aromatic carbocycles. The molecular weight excluding hydrogens is 202 g/mol. The molecule has 5 heteroatoms. The Morgan fingerprint density at radius 2 is 2.07 bits per heavy atom. The van der Waals surface area contributed by atoms with Crippen LogP contribution in [0.25, 0.3) is 0 Å². The molecule has 0 fully saturated rings. The molecule has 0 aliphatic rings. The van der Waals surface area contributed by atoms with Crippen LogP contribution in [-0.4, -0.2) is 19.0 Å². The summed E-state index contributed by atoms with van der Waals surface area (Å²) in [6.07, 6.45) is 0. The van der Waals surface area contributed by atoms with E-state index in [-0.39, 0.29) is 11.6 Å². The SMILES string of the molecule is CC(=O)NCCNc1cc(F)ccc1F. The van der Waals surface area contributed by atoms with E-state index in [0.717, 1.165) is 18.2 Å². The highest BCUT2D eigenvalue weighted by atomic mass is 19.1. The second-order valence-corrected chi connectivity index (χ2v) is 3.03. The van der Waals surface area contributed by atoms with E-state index in [2.05, 4.69) is 10.6 Å². The summed E-state index contributed by atoms with van der Waals surface area (Å²) in [7, 11) is 0. The van der Waals surface area contributed by atoms with E-state index in [1.54, 1.807) is 0 Å². The van der Waals surface area contributed by atoms with Crippen molar-refractivity contribution in [2.24, 2.45) is 0 Å². The summed E-state index contributed by atoms with van der Waals surface area (Å²) in [6, 6.07) is 3.17. The van der Waals surface area contributed by atoms with Crippen LogP contribution >= 0.6 is 0 Å². The van der Waals surface area contributed by atoms with E-state index in [1.807, 2.05) is 0 Å². The summed E-state index contributed by atoms with van der Waals surface area (Å²) in [5.74, 6) is -1.17. The number of hydrogen-bond donors (Lipinski definition) is 2. The van der Waals surface area contributed by atoms with Gasteiger partial charge in [0.2, 0.25) is 5.91 Å². The molecule has 0 aromatic heterocycles. The number of benzene rings is 1. The highest BCUT2D eigenvalue weighted by Crippen LogP contribution is 2.14. The Balaban J connectivity index is 2.43. The van der Waals surface area contributed by atoms with E-state index in [0.29, 0.717) is 13.1 Å². The Morgan fingerprint density at radius 1 is 1.33 bits per heavy atom. The largest absolute Gasteiger partial charge is 0.381 e. The van der Waals surface area contributed by atoms with Crippen molar-refractivity contribution in [2.75, 3.05) is 18.4 Å². The number of nitrogens with one attached hydrogen (secondary N) is 2. The zero-order valence-corrected chi connectivity index (χ0v) is 8.31. The molecule has 2 N–H and O–H groups in total. The van der Waals surface area contributed by atoms with Crippen molar-refractivity contribution in [2.45, 2.75) is 6.92 Å². The monoisotopic (exact) mass is 214 g/mol. The van der Waals surface area contributed by atoms with Gasteiger partial charge in [0, 0.05) is 20.0 Å². The topological polar surface area (TPSA) is 41.1 Å². The maximum Gasteiger partial charge on any atom is 0.216 e. The fourth-order valence-electron chi connectivity index (χ4n) is 1.07. The first kappa shape index (κ1) is 11.4. The van der Waals surface area contributed by atoms with Gasteiger partial charge in [0.25, 0.3) is 0 Å². The third-order valence-corrected chi connectivity index (χ3v) is 1.74. The quantitative estimate of drug-likeness (QED) is 0.746. The molecule has 0 bridgehead atoms. The predicted molar refractivity (Wildman–Crippen MR) is 53.5 cm³/mol. The summed E-state index contributed by atoms with van der Waals surface area (Å²) in [4.78, 5) is 10.5. The van der Waals surface area contributed by atoms with Gasteiger partial charge in [-0.05, 0) is 18.2 Å². The smallest absolute Gasteiger partial charge is 0.216 e. The minimum absolute atomic E-state index is 0.0975. The standard InChI is InChI=1S/C10H12F2N2O/c1-7(15)13-4-5-14-10-6-8(11)2-3-9(10)12/h2-3,6,14H,4-5H2,1H3,(H,13,15). The fraction of sp³-hybridized carbons (Fsp3) is 0.300. The van der Waals surface area contributed by atoms with Gasteiger partial charge >= 0.3 is 0 Å². The normalized spacial score (nSPS) is 9.80. The molecule has 0 atom stereocenters. The Kier molecular flexibility index (Phi) is 4.03. The van der Waals surface area contributed by atoms with Crippen molar-refractivity contribution in [3.8, 4) is 0 Å². The molecule has 0 radical (unpaired) electrons. The molecule has 0 heterocycles. The average molecular weight is 214 g/mol. The van der Waals surface area contributed by atoms with Gasteiger partial charge in [-0.15, -0.1) is 0 Å². The highest BCUT2D eigenvalue weighted by Gasteiger charge is 2.02. The van der Waals surface area contributed by atoms with Crippen molar-refractivity contribution in [1.82, 2.24) is 5.32 Å². The molecule has 0 saturated heterocycles. The van der Waals surface area contributed by atoms with Gasteiger partial charge in [-0.1, -0.05) is 0 Å². The molecule has 1 aromatic rings. The zero-order valence-electron chi connectivity index (χ0n) is 8.31. The van der Waals surface area contributed by atoms with Crippen molar-refractivity contribution in [3.63, 3.8) is 0 Å². The molecule has 0 aliphatic carbocycles. The number of rotatable bonds is 4. The number of amides is 1. The molecule has 15 heavy (non-hydrogen) atoms. The lowest BCUT2D eigenvalue weighted by Crippen LogP contribution is -2.26. The summed E-state index contributed by atoms with van der Waals surface area (Å²) >= 11 is 0. The predicted octanol–water partition coefficient (Wildman–Crippen LogP) is 1.51. The van der Waals surface area contributed by atoms with Crippen LogP contribution in [0, 0.1) is 11.6 Å². The van der Waals surface area contributed by atoms with Gasteiger partial charge in [0.1, 0.15) is 11.6 Å². The maximum atomic E-state index is 13.0. The van der Waals surface area contributed by atoms with Crippen LogP contribution in [0.15, 0.2) is 18.2 Å². The maximum absolute atomic E-state index is 13.0. The number of halogens is 2. The summed E-state index contributed by atoms with van der Waals surface area (Å²) in [5.41, 5.74) is 0.0975.